The highest BCUT2D eigenvalue weighted by molar-refractivity contribution is 9.11. The van der Waals surface area contributed by atoms with Crippen molar-refractivity contribution in [3.05, 3.63) is 35.4 Å². The molecule has 0 nitrogen and oxygen atoms in total. The second kappa shape index (κ2) is 7.24. The second-order valence-corrected chi connectivity index (χ2v) is 5.86. The minimum atomic E-state index is -0.691. The Bertz CT molecular complexity index is 269. The number of hydrogen-bond donors (Lipinski definition) is 0. The summed E-state index contributed by atoms with van der Waals surface area (Å²) in [5.41, 5.74) is 0.709. The highest BCUT2D eigenvalue weighted by atomic mass is 79.9. The molecule has 0 radical (unpaired) electrons. The molecule has 0 amide bonds. The summed E-state index contributed by atoms with van der Waals surface area (Å²) in [5, 5.41) is -0.383. The van der Waals surface area contributed by atoms with Crippen LogP contribution in [0.25, 0.3) is 0 Å². The van der Waals surface area contributed by atoms with Crippen LogP contribution in [0.2, 0.25) is 0 Å². The van der Waals surface area contributed by atoms with Crippen LogP contribution in [0, 0.1) is 0 Å². The number of rotatable bonds is 5. The van der Waals surface area contributed by atoms with Crippen molar-refractivity contribution in [3.8, 4) is 0 Å². The molecule has 2 atom stereocenters. The zero-order valence-electron chi connectivity index (χ0n) is 8.06. The average Bonchev–Trinajstić information content (AvgIpc) is 2.17. The van der Waals surface area contributed by atoms with Gasteiger partial charge in [0.25, 0.3) is 0 Å². The Labute approximate surface area is 119 Å². The summed E-state index contributed by atoms with van der Waals surface area (Å²) in [4.78, 5) is 0.343. The lowest BCUT2D eigenvalue weighted by Gasteiger charge is -2.20. The van der Waals surface area contributed by atoms with E-state index < -0.39 is 9.71 Å². The van der Waals surface area contributed by atoms with Crippen molar-refractivity contribution < 1.29 is 0 Å². The fraction of sp³-hybridized carbons (Fsp3) is 0.400. The molecule has 0 aromatic carbocycles. The molecule has 0 saturated heterocycles. The van der Waals surface area contributed by atoms with E-state index in [-0.39, 0.29) is 5.38 Å². The van der Waals surface area contributed by atoms with E-state index in [0.29, 0.717) is 5.57 Å². The van der Waals surface area contributed by atoms with Gasteiger partial charge >= 0.3 is 0 Å². The largest absolute Gasteiger partial charge is 0.133 e. The third-order valence-electron chi connectivity index (χ3n) is 1.77. The summed E-state index contributed by atoms with van der Waals surface area (Å²) >= 11 is 26.7. The van der Waals surface area contributed by atoms with Crippen LogP contribution in [-0.4, -0.2) is 15.1 Å². The van der Waals surface area contributed by atoms with Gasteiger partial charge in [0, 0.05) is 0 Å². The Hall–Kier alpha value is 0.860. The Morgan fingerprint density at radius 1 is 1.40 bits per heavy atom. The standard InChI is InChI=1S/C10H11BrCl4/c1-3-10(2,15)8(12)5-4-7(6-11)9(13)14/h3-6,8-9H,1H2,2H3/b5-4+,7-6+/t8-,10+/m1/s1. The molecule has 0 spiro atoms. The molecule has 0 N–H and O–H groups in total. The fourth-order valence-corrected chi connectivity index (χ4v) is 1.88. The van der Waals surface area contributed by atoms with E-state index in [9.17, 15) is 0 Å². The molecule has 15 heavy (non-hydrogen) atoms. The van der Waals surface area contributed by atoms with Gasteiger partial charge in [-0.05, 0) is 17.5 Å². The van der Waals surface area contributed by atoms with Gasteiger partial charge in [0.1, 0.15) is 4.84 Å². The van der Waals surface area contributed by atoms with Crippen molar-refractivity contribution in [1.29, 1.82) is 0 Å². The maximum atomic E-state index is 6.08. The molecule has 0 aromatic heterocycles. The van der Waals surface area contributed by atoms with Crippen molar-refractivity contribution in [2.24, 2.45) is 0 Å². The van der Waals surface area contributed by atoms with E-state index in [1.807, 2.05) is 0 Å². The molecular weight excluding hydrogens is 342 g/mol. The molecule has 0 aliphatic rings. The van der Waals surface area contributed by atoms with Gasteiger partial charge < -0.3 is 0 Å². The van der Waals surface area contributed by atoms with Gasteiger partial charge in [-0.3, -0.25) is 0 Å². The molecule has 0 aliphatic heterocycles. The molecule has 0 heterocycles. The van der Waals surface area contributed by atoms with E-state index in [1.165, 1.54) is 0 Å². The summed E-state index contributed by atoms with van der Waals surface area (Å²) in [6.45, 7) is 5.39. The van der Waals surface area contributed by atoms with Crippen LogP contribution >= 0.6 is 62.3 Å². The number of allylic oxidation sites excluding steroid dienone is 4. The first-order chi connectivity index (χ1) is 6.85. The van der Waals surface area contributed by atoms with E-state index in [0.717, 1.165) is 0 Å². The van der Waals surface area contributed by atoms with Crippen LogP contribution in [0.4, 0.5) is 0 Å². The first kappa shape index (κ1) is 15.9. The molecule has 0 saturated carbocycles. The number of hydrogen-bond acceptors (Lipinski definition) is 0. The normalized spacial score (nSPS) is 19.3. The van der Waals surface area contributed by atoms with Gasteiger partial charge in [0.2, 0.25) is 0 Å². The lowest BCUT2D eigenvalue weighted by atomic mass is 10.1. The average molecular weight is 353 g/mol. The monoisotopic (exact) mass is 350 g/mol. The van der Waals surface area contributed by atoms with E-state index in [4.69, 9.17) is 46.4 Å². The quantitative estimate of drug-likeness (QED) is 0.352. The zero-order valence-corrected chi connectivity index (χ0v) is 12.7. The Kier molecular flexibility index (Phi) is 7.65. The summed E-state index contributed by atoms with van der Waals surface area (Å²) in [6.07, 6.45) is 5.04. The lowest BCUT2D eigenvalue weighted by Crippen LogP contribution is -2.24. The fourth-order valence-electron chi connectivity index (χ4n) is 0.653. The third-order valence-corrected chi connectivity index (χ3v) is 3.91. The minimum absolute atomic E-state index is 0.383. The molecule has 0 fully saturated rings. The maximum absolute atomic E-state index is 6.08. The first-order valence-electron chi connectivity index (χ1n) is 4.08. The van der Waals surface area contributed by atoms with E-state index in [1.54, 1.807) is 30.1 Å². The predicted molar refractivity (Wildman–Crippen MR) is 75.7 cm³/mol. The second-order valence-electron chi connectivity index (χ2n) is 3.03. The maximum Gasteiger partial charge on any atom is 0.133 e. The first-order valence-corrected chi connectivity index (χ1v) is 6.68. The molecule has 0 unspecified atom stereocenters. The minimum Gasteiger partial charge on any atom is -0.116 e. The Morgan fingerprint density at radius 3 is 2.27 bits per heavy atom. The topological polar surface area (TPSA) is 0 Å². The Morgan fingerprint density at radius 2 is 1.93 bits per heavy atom. The molecule has 0 aliphatic carbocycles. The van der Waals surface area contributed by atoms with Crippen LogP contribution in [0.15, 0.2) is 35.4 Å². The number of halogens is 5. The molecule has 0 bridgehead atoms. The van der Waals surface area contributed by atoms with Gasteiger partial charge in [0.15, 0.2) is 0 Å². The SMILES string of the molecule is C=C[C@](C)(Cl)[C@H](Cl)/C=C/C(=C\Br)C(Cl)Cl. The summed E-state index contributed by atoms with van der Waals surface area (Å²) in [6, 6.07) is 0. The lowest BCUT2D eigenvalue weighted by molar-refractivity contribution is 0.801. The van der Waals surface area contributed by atoms with Crippen LogP contribution < -0.4 is 0 Å². The summed E-state index contributed by atoms with van der Waals surface area (Å²) < 4.78 is 0. The third kappa shape index (κ3) is 5.65. The van der Waals surface area contributed by atoms with Crippen molar-refractivity contribution in [1.82, 2.24) is 0 Å². The van der Waals surface area contributed by atoms with Crippen molar-refractivity contribution in [3.63, 3.8) is 0 Å². The molecule has 0 aromatic rings. The van der Waals surface area contributed by atoms with Crippen molar-refractivity contribution >= 4 is 62.3 Å². The van der Waals surface area contributed by atoms with E-state index >= 15 is 0 Å². The van der Waals surface area contributed by atoms with Gasteiger partial charge in [-0.2, -0.15) is 0 Å². The van der Waals surface area contributed by atoms with Crippen molar-refractivity contribution in [2.75, 3.05) is 0 Å². The smallest absolute Gasteiger partial charge is 0.116 e. The summed E-state index contributed by atoms with van der Waals surface area (Å²) in [5.74, 6) is 0. The van der Waals surface area contributed by atoms with Gasteiger partial charge in [-0.15, -0.1) is 53.0 Å². The molecular formula is C10H11BrCl4. The van der Waals surface area contributed by atoms with Gasteiger partial charge in [0.05, 0.1) is 10.3 Å². The highest BCUT2D eigenvalue weighted by Crippen LogP contribution is 2.27. The van der Waals surface area contributed by atoms with Crippen molar-refractivity contribution in [2.45, 2.75) is 22.0 Å². The van der Waals surface area contributed by atoms with Crippen LogP contribution in [0.3, 0.4) is 0 Å². The van der Waals surface area contributed by atoms with Crippen LogP contribution in [0.5, 0.6) is 0 Å². The zero-order chi connectivity index (χ0) is 12.1. The molecule has 86 valence electrons. The molecule has 0 rings (SSSR count). The summed E-state index contributed by atoms with van der Waals surface area (Å²) in [7, 11) is 0. The highest BCUT2D eigenvalue weighted by Gasteiger charge is 2.24. The van der Waals surface area contributed by atoms with E-state index in [2.05, 4.69) is 22.5 Å². The Balaban J connectivity index is 4.60. The molecule has 5 heteroatoms. The van der Waals surface area contributed by atoms with Crippen LogP contribution in [0.1, 0.15) is 6.92 Å². The van der Waals surface area contributed by atoms with Crippen LogP contribution in [-0.2, 0) is 0 Å². The predicted octanol–water partition coefficient (Wildman–Crippen LogP) is 5.42. The van der Waals surface area contributed by atoms with Gasteiger partial charge in [-0.25, -0.2) is 0 Å². The van der Waals surface area contributed by atoms with Gasteiger partial charge in [-0.1, -0.05) is 34.2 Å². The number of alkyl halides is 4.